The molecule has 3 rings (SSSR count). The molecule has 228 valence electrons. The molecule has 10 heteroatoms. The van der Waals surface area contributed by atoms with Gasteiger partial charge in [0.2, 0.25) is 15.9 Å². The first kappa shape index (κ1) is 34.8. The topological polar surface area (TPSA) is 86.8 Å². The van der Waals surface area contributed by atoms with Crippen molar-refractivity contribution in [2.75, 3.05) is 50.7 Å². The van der Waals surface area contributed by atoms with E-state index in [4.69, 9.17) is 0 Å². The number of halogens is 1. The van der Waals surface area contributed by atoms with Gasteiger partial charge in [0, 0.05) is 36.3 Å². The third-order valence-electron chi connectivity index (χ3n) is 8.93. The maximum absolute atomic E-state index is 14.0. The lowest BCUT2D eigenvalue weighted by atomic mass is 9.88. The molecule has 0 radical (unpaired) electrons. The molecule has 0 spiro atoms. The van der Waals surface area contributed by atoms with E-state index >= 15 is 0 Å². The fourth-order valence-corrected chi connectivity index (χ4v) is 6.75. The predicted molar refractivity (Wildman–Crippen MR) is 158 cm³/mol. The lowest BCUT2D eigenvalue weighted by molar-refractivity contribution is -0.906. The molecule has 0 saturated heterocycles. The fourth-order valence-electron chi connectivity index (χ4n) is 6.18. The van der Waals surface area contributed by atoms with Gasteiger partial charge in [-0.15, -0.1) is 0 Å². The van der Waals surface area contributed by atoms with Crippen LogP contribution in [0.5, 0.6) is 0 Å². The number of carbonyl (C=O) groups is 2. The Kier molecular flexibility index (Phi) is 14.2. The Morgan fingerprint density at radius 2 is 1.40 bits per heavy atom. The standard InChI is InChI=1S/C30H50N4O4S.HI/c1-5-34(3,6-2)23-13-22-32(30(36)25-18-20-26(21-19-25)31-39(4,37)38)24-29(35)33(27-14-9-7-10-15-27)28-16-11-8-12-17-28;/h18-21,27-28H,5-17,22-24H2,1-4H3;1H. The van der Waals surface area contributed by atoms with Crippen LogP contribution in [-0.4, -0.2) is 92.6 Å². The number of carbonyl (C=O) groups excluding carboxylic acids is 2. The highest BCUT2D eigenvalue weighted by Crippen LogP contribution is 2.30. The number of amides is 2. The lowest BCUT2D eigenvalue weighted by Crippen LogP contribution is -3.00. The average molecular weight is 691 g/mol. The number of anilines is 1. The van der Waals surface area contributed by atoms with Gasteiger partial charge >= 0.3 is 0 Å². The molecule has 1 aromatic rings. The normalized spacial score (nSPS) is 17.1. The summed E-state index contributed by atoms with van der Waals surface area (Å²) >= 11 is 0. The largest absolute Gasteiger partial charge is 1.00 e. The van der Waals surface area contributed by atoms with Gasteiger partial charge in [-0.1, -0.05) is 38.5 Å². The molecule has 2 aliphatic carbocycles. The molecule has 0 heterocycles. The Balaban J connectivity index is 0.00000560. The number of quaternary nitrogens is 1. The molecule has 2 saturated carbocycles. The van der Waals surface area contributed by atoms with E-state index in [2.05, 4.69) is 30.5 Å². The monoisotopic (exact) mass is 690 g/mol. The number of nitrogens with zero attached hydrogens (tertiary/aromatic N) is 3. The van der Waals surface area contributed by atoms with Crippen molar-refractivity contribution in [3.05, 3.63) is 29.8 Å². The molecule has 40 heavy (non-hydrogen) atoms. The quantitative estimate of drug-likeness (QED) is 0.253. The summed E-state index contributed by atoms with van der Waals surface area (Å²) in [6.45, 7) is 7.98. The van der Waals surface area contributed by atoms with Crippen molar-refractivity contribution in [3.63, 3.8) is 0 Å². The summed E-state index contributed by atoms with van der Waals surface area (Å²) in [5, 5.41) is 0. The van der Waals surface area contributed by atoms with E-state index < -0.39 is 10.0 Å². The highest BCUT2D eigenvalue weighted by molar-refractivity contribution is 7.92. The number of hydrogen-bond acceptors (Lipinski definition) is 4. The first-order valence-corrected chi connectivity index (χ1v) is 17.0. The Morgan fingerprint density at radius 1 is 0.900 bits per heavy atom. The van der Waals surface area contributed by atoms with E-state index in [0.29, 0.717) is 17.8 Å². The van der Waals surface area contributed by atoms with Crippen molar-refractivity contribution < 1.29 is 46.5 Å². The SMILES string of the molecule is CC[N+](C)(CC)CCCN(CC(=O)N(C1CCCCC1)C1CCCCC1)C(=O)c1ccc(NS(C)(=O)=O)cc1.[I-]. The minimum absolute atomic E-state index is 0. The smallest absolute Gasteiger partial charge is 0.254 e. The summed E-state index contributed by atoms with van der Waals surface area (Å²) in [6.07, 6.45) is 13.3. The molecule has 8 nitrogen and oxygen atoms in total. The number of nitrogens with one attached hydrogen (secondary N) is 1. The van der Waals surface area contributed by atoms with E-state index in [9.17, 15) is 18.0 Å². The van der Waals surface area contributed by atoms with Crippen LogP contribution in [0, 0.1) is 0 Å². The molecule has 0 aromatic heterocycles. The van der Waals surface area contributed by atoms with Crippen molar-refractivity contribution >= 4 is 27.5 Å². The van der Waals surface area contributed by atoms with Crippen molar-refractivity contribution in [3.8, 4) is 0 Å². The van der Waals surface area contributed by atoms with Gasteiger partial charge in [0.25, 0.3) is 5.91 Å². The van der Waals surface area contributed by atoms with Gasteiger partial charge in [0.15, 0.2) is 0 Å². The van der Waals surface area contributed by atoms with E-state index in [1.165, 1.54) is 38.5 Å². The maximum atomic E-state index is 14.0. The van der Waals surface area contributed by atoms with Gasteiger partial charge in [-0.05, 0) is 63.8 Å². The Hall–Kier alpha value is -1.40. The molecular formula is C30H51IN4O4S. The summed E-state index contributed by atoms with van der Waals surface area (Å²) in [6, 6.07) is 7.07. The van der Waals surface area contributed by atoms with Crippen LogP contribution in [0.15, 0.2) is 24.3 Å². The van der Waals surface area contributed by atoms with Crippen LogP contribution < -0.4 is 28.7 Å². The second-order valence-electron chi connectivity index (χ2n) is 11.9. The van der Waals surface area contributed by atoms with Crippen LogP contribution >= 0.6 is 0 Å². The van der Waals surface area contributed by atoms with Crippen molar-refractivity contribution in [2.24, 2.45) is 0 Å². The first-order valence-electron chi connectivity index (χ1n) is 15.1. The predicted octanol–water partition coefficient (Wildman–Crippen LogP) is 1.87. The number of rotatable bonds is 13. The number of hydrogen-bond donors (Lipinski definition) is 1. The zero-order valence-electron chi connectivity index (χ0n) is 25.0. The molecular weight excluding hydrogens is 639 g/mol. The minimum atomic E-state index is -3.40. The van der Waals surface area contributed by atoms with Crippen molar-refractivity contribution in [1.29, 1.82) is 0 Å². The Labute approximate surface area is 259 Å². The van der Waals surface area contributed by atoms with Gasteiger partial charge in [0.1, 0.15) is 6.54 Å². The molecule has 0 aliphatic heterocycles. The number of benzene rings is 1. The Bertz CT molecular complexity index is 1020. The minimum Gasteiger partial charge on any atom is -1.00 e. The number of sulfonamides is 1. The molecule has 0 unspecified atom stereocenters. The molecule has 0 atom stereocenters. The van der Waals surface area contributed by atoms with E-state index in [1.54, 1.807) is 29.2 Å². The van der Waals surface area contributed by atoms with Gasteiger partial charge in [-0.2, -0.15) is 0 Å². The average Bonchev–Trinajstić information content (AvgIpc) is 2.93. The van der Waals surface area contributed by atoms with Crippen LogP contribution in [0.4, 0.5) is 5.69 Å². The van der Waals surface area contributed by atoms with Gasteiger partial charge in [-0.25, -0.2) is 8.42 Å². The van der Waals surface area contributed by atoms with Crippen LogP contribution in [0.3, 0.4) is 0 Å². The van der Waals surface area contributed by atoms with E-state index in [-0.39, 0.29) is 54.4 Å². The fraction of sp³-hybridized carbons (Fsp3) is 0.733. The van der Waals surface area contributed by atoms with Crippen LogP contribution in [0.1, 0.15) is 94.8 Å². The van der Waals surface area contributed by atoms with Crippen LogP contribution in [0.25, 0.3) is 0 Å². The third-order valence-corrected chi connectivity index (χ3v) is 9.53. The second-order valence-corrected chi connectivity index (χ2v) is 13.6. The van der Waals surface area contributed by atoms with Gasteiger partial charge in [-0.3, -0.25) is 14.3 Å². The molecule has 2 amide bonds. The molecule has 2 aliphatic rings. The summed E-state index contributed by atoms with van der Waals surface area (Å²) < 4.78 is 26.6. The van der Waals surface area contributed by atoms with Gasteiger partial charge < -0.3 is 38.3 Å². The highest BCUT2D eigenvalue weighted by atomic mass is 127. The van der Waals surface area contributed by atoms with Crippen LogP contribution in [-0.2, 0) is 14.8 Å². The van der Waals surface area contributed by atoms with Crippen molar-refractivity contribution in [1.82, 2.24) is 9.80 Å². The molecule has 1 N–H and O–H groups in total. The summed E-state index contributed by atoms with van der Waals surface area (Å²) in [7, 11) is -1.17. The zero-order chi connectivity index (χ0) is 28.5. The highest BCUT2D eigenvalue weighted by Gasteiger charge is 2.34. The van der Waals surface area contributed by atoms with E-state index in [1.807, 2.05) is 0 Å². The first-order chi connectivity index (χ1) is 18.5. The summed E-state index contributed by atoms with van der Waals surface area (Å²) in [5.74, 6) is -0.0931. The summed E-state index contributed by atoms with van der Waals surface area (Å²) in [5.41, 5.74) is 0.878. The molecule has 0 bridgehead atoms. The zero-order valence-corrected chi connectivity index (χ0v) is 28.0. The third kappa shape index (κ3) is 10.5. The van der Waals surface area contributed by atoms with Crippen LogP contribution in [0.2, 0.25) is 0 Å². The van der Waals surface area contributed by atoms with Crippen molar-refractivity contribution in [2.45, 2.75) is 96.6 Å². The van der Waals surface area contributed by atoms with Gasteiger partial charge in [0.05, 0.1) is 32.9 Å². The Morgan fingerprint density at radius 3 is 1.85 bits per heavy atom. The molecule has 1 aromatic carbocycles. The molecule has 2 fully saturated rings. The second kappa shape index (κ2) is 16.3. The lowest BCUT2D eigenvalue weighted by Gasteiger charge is -2.42. The van der Waals surface area contributed by atoms with E-state index in [0.717, 1.165) is 62.5 Å². The summed E-state index contributed by atoms with van der Waals surface area (Å²) in [4.78, 5) is 31.7. The maximum Gasteiger partial charge on any atom is 0.254 e.